The predicted molar refractivity (Wildman–Crippen MR) is 63.4 cm³/mol. The maximum absolute atomic E-state index is 11.8. The van der Waals surface area contributed by atoms with E-state index in [4.69, 9.17) is 5.26 Å². The van der Waals surface area contributed by atoms with Crippen LogP contribution in [0.3, 0.4) is 0 Å². The average Bonchev–Trinajstić information content (AvgIpc) is 2.24. The molecule has 0 radical (unpaired) electrons. The Morgan fingerprint density at radius 2 is 1.88 bits per heavy atom. The second kappa shape index (κ2) is 5.80. The van der Waals surface area contributed by atoms with Crippen molar-refractivity contribution in [2.75, 3.05) is 18.1 Å². The van der Waals surface area contributed by atoms with Crippen LogP contribution >= 0.6 is 0 Å². The van der Waals surface area contributed by atoms with E-state index in [1.807, 2.05) is 6.07 Å². The molecule has 6 nitrogen and oxygen atoms in total. The van der Waals surface area contributed by atoms with Crippen LogP contribution in [0.4, 0.5) is 0 Å². The van der Waals surface area contributed by atoms with Crippen molar-refractivity contribution >= 4 is 19.9 Å². The normalized spacial score (nSPS) is 20.9. The topological polar surface area (TPSA) is 104 Å². The number of nitrogens with one attached hydrogen (secondary N) is 1. The van der Waals surface area contributed by atoms with Crippen molar-refractivity contribution < 1.29 is 16.8 Å². The number of sulfonamides is 1. The fourth-order valence-corrected chi connectivity index (χ4v) is 4.99. The van der Waals surface area contributed by atoms with Crippen LogP contribution in [0, 0.1) is 11.3 Å². The first-order valence-corrected chi connectivity index (χ1v) is 8.80. The standard InChI is InChI=1S/C9H16N2O4S2/c10-5-1-2-6-11-17(14,15)9-3-7-16(12,13)8-4-9/h9,11H,1-4,6-8H2. The Labute approximate surface area is 102 Å². The highest BCUT2D eigenvalue weighted by Gasteiger charge is 2.32. The first kappa shape index (κ1) is 14.4. The third-order valence-corrected chi connectivity index (χ3v) is 6.38. The monoisotopic (exact) mass is 280 g/mol. The van der Waals surface area contributed by atoms with Gasteiger partial charge in [0.1, 0.15) is 9.84 Å². The van der Waals surface area contributed by atoms with Gasteiger partial charge >= 0.3 is 0 Å². The molecule has 0 aromatic rings. The fourth-order valence-electron chi connectivity index (χ4n) is 1.68. The van der Waals surface area contributed by atoms with E-state index in [2.05, 4.69) is 4.72 Å². The summed E-state index contributed by atoms with van der Waals surface area (Å²) >= 11 is 0. The van der Waals surface area contributed by atoms with Crippen molar-refractivity contribution in [2.45, 2.75) is 30.9 Å². The molecule has 1 N–H and O–H groups in total. The van der Waals surface area contributed by atoms with Crippen LogP contribution in [0.1, 0.15) is 25.7 Å². The minimum atomic E-state index is -3.44. The molecule has 1 fully saturated rings. The van der Waals surface area contributed by atoms with E-state index >= 15 is 0 Å². The zero-order chi connectivity index (χ0) is 12.9. The van der Waals surface area contributed by atoms with E-state index in [1.165, 1.54) is 0 Å². The molecule has 0 atom stereocenters. The summed E-state index contributed by atoms with van der Waals surface area (Å²) in [6.07, 6.45) is 1.11. The van der Waals surface area contributed by atoms with Gasteiger partial charge in [-0.3, -0.25) is 0 Å². The van der Waals surface area contributed by atoms with Gasteiger partial charge in [-0.25, -0.2) is 21.6 Å². The molecule has 0 amide bonds. The molecule has 0 aromatic carbocycles. The van der Waals surface area contributed by atoms with Crippen molar-refractivity contribution in [2.24, 2.45) is 0 Å². The van der Waals surface area contributed by atoms with Crippen LogP contribution in [-0.4, -0.2) is 40.1 Å². The quantitative estimate of drug-likeness (QED) is 0.701. The number of unbranched alkanes of at least 4 members (excludes halogenated alkanes) is 1. The van der Waals surface area contributed by atoms with E-state index in [-0.39, 0.29) is 30.9 Å². The first-order valence-electron chi connectivity index (χ1n) is 5.43. The molecule has 0 aromatic heterocycles. The lowest BCUT2D eigenvalue weighted by atomic mass is 10.2. The molecule has 1 heterocycles. The smallest absolute Gasteiger partial charge is 0.214 e. The van der Waals surface area contributed by atoms with Gasteiger partial charge in [0.2, 0.25) is 10.0 Å². The summed E-state index contributed by atoms with van der Waals surface area (Å²) in [5.74, 6) is -0.118. The first-order chi connectivity index (χ1) is 7.87. The number of rotatable bonds is 5. The molecule has 1 aliphatic rings. The van der Waals surface area contributed by atoms with Crippen molar-refractivity contribution in [1.82, 2.24) is 4.72 Å². The van der Waals surface area contributed by atoms with Crippen LogP contribution < -0.4 is 4.72 Å². The summed E-state index contributed by atoms with van der Waals surface area (Å²) in [6.45, 7) is 0.235. The molecular weight excluding hydrogens is 264 g/mol. The summed E-state index contributed by atoms with van der Waals surface area (Å²) in [4.78, 5) is 0. The van der Waals surface area contributed by atoms with E-state index < -0.39 is 25.1 Å². The molecule has 0 unspecified atom stereocenters. The van der Waals surface area contributed by atoms with Gasteiger partial charge in [-0.1, -0.05) is 0 Å². The van der Waals surface area contributed by atoms with Gasteiger partial charge in [0.15, 0.2) is 0 Å². The van der Waals surface area contributed by atoms with Gasteiger partial charge in [-0.2, -0.15) is 5.26 Å². The maximum Gasteiger partial charge on any atom is 0.214 e. The minimum absolute atomic E-state index is 0.0588. The zero-order valence-corrected chi connectivity index (χ0v) is 11.1. The Morgan fingerprint density at radius 3 is 2.41 bits per heavy atom. The highest BCUT2D eigenvalue weighted by atomic mass is 32.2. The van der Waals surface area contributed by atoms with Crippen LogP contribution in [0.15, 0.2) is 0 Å². The highest BCUT2D eigenvalue weighted by Crippen LogP contribution is 2.18. The maximum atomic E-state index is 11.8. The van der Waals surface area contributed by atoms with Gasteiger partial charge in [-0.15, -0.1) is 0 Å². The van der Waals surface area contributed by atoms with Crippen LogP contribution in [0.25, 0.3) is 0 Å². The van der Waals surface area contributed by atoms with Crippen molar-refractivity contribution in [3.8, 4) is 6.07 Å². The van der Waals surface area contributed by atoms with Gasteiger partial charge in [-0.05, 0) is 19.3 Å². The van der Waals surface area contributed by atoms with Crippen LogP contribution in [-0.2, 0) is 19.9 Å². The Kier molecular flexibility index (Phi) is 4.91. The fraction of sp³-hybridized carbons (Fsp3) is 0.889. The van der Waals surface area contributed by atoms with E-state index in [0.717, 1.165) is 0 Å². The highest BCUT2D eigenvalue weighted by molar-refractivity contribution is 7.92. The third-order valence-electron chi connectivity index (χ3n) is 2.71. The molecule has 98 valence electrons. The lowest BCUT2D eigenvalue weighted by Gasteiger charge is -2.22. The Morgan fingerprint density at radius 1 is 1.29 bits per heavy atom. The molecule has 1 aliphatic heterocycles. The van der Waals surface area contributed by atoms with Gasteiger partial charge in [0.05, 0.1) is 22.8 Å². The molecule has 0 saturated carbocycles. The van der Waals surface area contributed by atoms with Crippen LogP contribution in [0.5, 0.6) is 0 Å². The lowest BCUT2D eigenvalue weighted by molar-refractivity contribution is 0.541. The van der Waals surface area contributed by atoms with Gasteiger partial charge < -0.3 is 0 Å². The summed E-state index contributed by atoms with van der Waals surface area (Å²) in [6, 6.07) is 1.93. The average molecular weight is 280 g/mol. The summed E-state index contributed by atoms with van der Waals surface area (Å²) in [5, 5.41) is 7.69. The Balaban J connectivity index is 2.47. The summed E-state index contributed by atoms with van der Waals surface area (Å²) in [5.41, 5.74) is 0. The van der Waals surface area contributed by atoms with Gasteiger partial charge in [0.25, 0.3) is 0 Å². The van der Waals surface area contributed by atoms with Crippen molar-refractivity contribution in [3.63, 3.8) is 0 Å². The van der Waals surface area contributed by atoms with E-state index in [9.17, 15) is 16.8 Å². The molecule has 1 rings (SSSR count). The molecular formula is C9H16N2O4S2. The third kappa shape index (κ3) is 4.61. The molecule has 0 spiro atoms. The second-order valence-electron chi connectivity index (χ2n) is 4.05. The molecule has 0 aliphatic carbocycles. The van der Waals surface area contributed by atoms with E-state index in [0.29, 0.717) is 12.8 Å². The Hall–Kier alpha value is -0.650. The van der Waals surface area contributed by atoms with Gasteiger partial charge in [0, 0.05) is 13.0 Å². The largest absolute Gasteiger partial charge is 0.229 e. The SMILES string of the molecule is N#CCCCNS(=O)(=O)C1CCS(=O)(=O)CC1. The Bertz CT molecular complexity index is 476. The molecule has 1 saturated heterocycles. The molecule has 8 heteroatoms. The molecule has 17 heavy (non-hydrogen) atoms. The number of nitriles is 1. The number of sulfone groups is 1. The van der Waals surface area contributed by atoms with Crippen LogP contribution in [0.2, 0.25) is 0 Å². The minimum Gasteiger partial charge on any atom is -0.229 e. The van der Waals surface area contributed by atoms with E-state index in [1.54, 1.807) is 0 Å². The van der Waals surface area contributed by atoms with Crippen molar-refractivity contribution in [1.29, 1.82) is 5.26 Å². The molecule has 0 bridgehead atoms. The summed E-state index contributed by atoms with van der Waals surface area (Å²) < 4.78 is 48.3. The lowest BCUT2D eigenvalue weighted by Crippen LogP contribution is -2.40. The number of hydrogen-bond donors (Lipinski definition) is 1. The zero-order valence-electron chi connectivity index (χ0n) is 9.42. The number of hydrogen-bond acceptors (Lipinski definition) is 5. The number of nitrogens with zero attached hydrogens (tertiary/aromatic N) is 1. The predicted octanol–water partition coefficient (Wildman–Crippen LogP) is -0.213. The second-order valence-corrected chi connectivity index (χ2v) is 8.40. The summed E-state index contributed by atoms with van der Waals surface area (Å²) in [7, 11) is -6.48. The van der Waals surface area contributed by atoms with Crippen molar-refractivity contribution in [3.05, 3.63) is 0 Å².